The van der Waals surface area contributed by atoms with Gasteiger partial charge in [-0.15, -0.1) is 0 Å². The average Bonchev–Trinajstić information content (AvgIpc) is 2.72. The Morgan fingerprint density at radius 1 is 1.26 bits per heavy atom. The van der Waals surface area contributed by atoms with Gasteiger partial charge in [0.05, 0.1) is 6.10 Å². The summed E-state index contributed by atoms with van der Waals surface area (Å²) in [6, 6.07) is 9.21. The fourth-order valence-electron chi connectivity index (χ4n) is 3.93. The number of benzene rings is 1. The first-order chi connectivity index (χ1) is 13.0. The van der Waals surface area contributed by atoms with E-state index in [1.165, 1.54) is 0 Å². The van der Waals surface area contributed by atoms with Crippen molar-refractivity contribution in [3.8, 4) is 0 Å². The van der Waals surface area contributed by atoms with Crippen molar-refractivity contribution in [2.45, 2.75) is 57.1 Å². The highest BCUT2D eigenvalue weighted by Gasteiger charge is 2.42. The van der Waals surface area contributed by atoms with E-state index in [0.29, 0.717) is 6.42 Å². The van der Waals surface area contributed by atoms with Crippen molar-refractivity contribution in [3.05, 3.63) is 35.9 Å². The number of methoxy groups -OCH3 is 1. The minimum Gasteiger partial charge on any atom is -0.381 e. The number of carbonyl (C=O) groups is 2. The molecule has 1 atom stereocenters. The highest BCUT2D eigenvalue weighted by atomic mass is 32.1. The molecule has 150 valence electrons. The number of rotatable bonds is 9. The molecule has 1 aromatic rings. The van der Waals surface area contributed by atoms with E-state index in [-0.39, 0.29) is 17.9 Å². The van der Waals surface area contributed by atoms with Gasteiger partial charge in [-0.05, 0) is 49.8 Å². The van der Waals surface area contributed by atoms with Gasteiger partial charge in [-0.25, -0.2) is 0 Å². The average molecular weight is 393 g/mol. The van der Waals surface area contributed by atoms with Crippen LogP contribution in [0.4, 0.5) is 0 Å². The lowest BCUT2D eigenvalue weighted by atomic mass is 9.69. The molecular weight excluding hydrogens is 360 g/mol. The first-order valence-corrected chi connectivity index (χ1v) is 10.4. The van der Waals surface area contributed by atoms with E-state index in [4.69, 9.17) is 4.74 Å². The van der Waals surface area contributed by atoms with Gasteiger partial charge in [0, 0.05) is 26.0 Å². The maximum atomic E-state index is 13.3. The summed E-state index contributed by atoms with van der Waals surface area (Å²) in [7, 11) is 3.33. The number of nitrogens with one attached hydrogen (secondary N) is 2. The Morgan fingerprint density at radius 3 is 2.48 bits per heavy atom. The largest absolute Gasteiger partial charge is 0.381 e. The molecule has 0 bridgehead atoms. The molecule has 0 radical (unpaired) electrons. The number of amides is 2. The lowest BCUT2D eigenvalue weighted by Crippen LogP contribution is -2.53. The molecular formula is C21H32N2O3S. The van der Waals surface area contributed by atoms with Crippen LogP contribution in [0.2, 0.25) is 0 Å². The molecule has 2 N–H and O–H groups in total. The Kier molecular flexibility index (Phi) is 8.64. The number of likely N-dealkylation sites (N-methyl/N-ethyl adjacent to an activating group) is 1. The summed E-state index contributed by atoms with van der Waals surface area (Å²) in [5.74, 6) is 0.580. The molecule has 6 heteroatoms. The second-order valence-electron chi connectivity index (χ2n) is 7.37. The lowest BCUT2D eigenvalue weighted by molar-refractivity contribution is -0.138. The van der Waals surface area contributed by atoms with Gasteiger partial charge < -0.3 is 15.4 Å². The third-order valence-electron chi connectivity index (χ3n) is 5.67. The van der Waals surface area contributed by atoms with Crippen LogP contribution in [0.1, 0.15) is 44.1 Å². The first-order valence-electron chi connectivity index (χ1n) is 9.75. The van der Waals surface area contributed by atoms with E-state index in [1.54, 1.807) is 14.2 Å². The molecule has 0 saturated heterocycles. The molecule has 2 rings (SSSR count). The summed E-state index contributed by atoms with van der Waals surface area (Å²) in [5, 5.41) is 5.73. The predicted octanol–water partition coefficient (Wildman–Crippen LogP) is 2.75. The van der Waals surface area contributed by atoms with Gasteiger partial charge >= 0.3 is 0 Å². The fraction of sp³-hybridized carbons (Fsp3) is 0.619. The predicted molar refractivity (Wildman–Crippen MR) is 111 cm³/mol. The quantitative estimate of drug-likeness (QED) is 0.566. The molecule has 1 aliphatic rings. The standard InChI is InChI=1S/C21H32N2O3S/c1-22-19(24)18(15-16-7-4-3-5-8-16)23-20(25)21(11-6-14-27)12-9-17(26-2)10-13-21/h3-5,7-8,17-18,27H,6,9-15H2,1-2H3,(H,22,24)(H,23,25)/t17-,18-,21+/m0/s1. The number of hydrogen-bond acceptors (Lipinski definition) is 4. The van der Waals surface area contributed by atoms with Crippen molar-refractivity contribution >= 4 is 24.4 Å². The highest BCUT2D eigenvalue weighted by Crippen LogP contribution is 2.41. The van der Waals surface area contributed by atoms with Gasteiger partial charge in [-0.3, -0.25) is 9.59 Å². The lowest BCUT2D eigenvalue weighted by Gasteiger charge is -2.39. The Balaban J connectivity index is 2.12. The molecule has 0 aromatic heterocycles. The molecule has 0 aliphatic heterocycles. The van der Waals surface area contributed by atoms with Crippen LogP contribution in [0, 0.1) is 5.41 Å². The third-order valence-corrected chi connectivity index (χ3v) is 5.99. The third kappa shape index (κ3) is 5.98. The van der Waals surface area contributed by atoms with Crippen LogP contribution in [0.3, 0.4) is 0 Å². The Hall–Kier alpha value is -1.53. The van der Waals surface area contributed by atoms with Gasteiger partial charge in [0.25, 0.3) is 0 Å². The van der Waals surface area contributed by atoms with Gasteiger partial charge in [-0.1, -0.05) is 30.3 Å². The normalized spacial score (nSPS) is 23.4. The van der Waals surface area contributed by atoms with Gasteiger partial charge in [0.2, 0.25) is 11.8 Å². The summed E-state index contributed by atoms with van der Waals surface area (Å²) in [6.07, 6.45) is 5.71. The van der Waals surface area contributed by atoms with Crippen LogP contribution in [-0.4, -0.2) is 43.9 Å². The molecule has 0 unspecified atom stereocenters. The Bertz CT molecular complexity index is 601. The Morgan fingerprint density at radius 2 is 1.93 bits per heavy atom. The zero-order valence-electron chi connectivity index (χ0n) is 16.4. The summed E-state index contributed by atoms with van der Waals surface area (Å²) in [4.78, 5) is 25.7. The van der Waals surface area contributed by atoms with E-state index < -0.39 is 11.5 Å². The maximum Gasteiger partial charge on any atom is 0.242 e. The highest BCUT2D eigenvalue weighted by molar-refractivity contribution is 7.80. The van der Waals surface area contributed by atoms with Crippen LogP contribution >= 0.6 is 12.6 Å². The zero-order valence-corrected chi connectivity index (χ0v) is 17.3. The summed E-state index contributed by atoms with van der Waals surface area (Å²) < 4.78 is 5.47. The topological polar surface area (TPSA) is 67.4 Å². The van der Waals surface area contributed by atoms with Crippen LogP contribution in [-0.2, 0) is 20.7 Å². The number of carbonyl (C=O) groups excluding carboxylic acids is 2. The smallest absolute Gasteiger partial charge is 0.242 e. The van der Waals surface area contributed by atoms with E-state index in [2.05, 4.69) is 23.3 Å². The van der Waals surface area contributed by atoms with E-state index in [1.807, 2.05) is 30.3 Å². The van der Waals surface area contributed by atoms with Crippen molar-refractivity contribution in [2.75, 3.05) is 19.9 Å². The van der Waals surface area contributed by atoms with Gasteiger partial charge in [-0.2, -0.15) is 12.6 Å². The summed E-state index contributed by atoms with van der Waals surface area (Å²) in [5.41, 5.74) is 0.597. The molecule has 0 heterocycles. The van der Waals surface area contributed by atoms with Gasteiger partial charge in [0.15, 0.2) is 0 Å². The molecule has 1 saturated carbocycles. The van der Waals surface area contributed by atoms with Crippen LogP contribution in [0.15, 0.2) is 30.3 Å². The van der Waals surface area contributed by atoms with Crippen molar-refractivity contribution in [1.82, 2.24) is 10.6 Å². The van der Waals surface area contributed by atoms with Crippen LogP contribution in [0.25, 0.3) is 0 Å². The molecule has 2 amide bonds. The van der Waals surface area contributed by atoms with E-state index >= 15 is 0 Å². The van der Waals surface area contributed by atoms with E-state index in [9.17, 15) is 9.59 Å². The summed E-state index contributed by atoms with van der Waals surface area (Å²) >= 11 is 4.33. The first kappa shape index (κ1) is 21.8. The minimum atomic E-state index is -0.571. The minimum absolute atomic E-state index is 0.0108. The number of hydrogen-bond donors (Lipinski definition) is 3. The van der Waals surface area contributed by atoms with Crippen molar-refractivity contribution in [2.24, 2.45) is 5.41 Å². The molecule has 1 aliphatic carbocycles. The van der Waals surface area contributed by atoms with Crippen molar-refractivity contribution < 1.29 is 14.3 Å². The molecule has 1 aromatic carbocycles. The summed E-state index contributed by atoms with van der Waals surface area (Å²) in [6.45, 7) is 0. The monoisotopic (exact) mass is 392 g/mol. The van der Waals surface area contributed by atoms with E-state index in [0.717, 1.165) is 49.8 Å². The molecule has 27 heavy (non-hydrogen) atoms. The fourth-order valence-corrected chi connectivity index (χ4v) is 4.09. The SMILES string of the molecule is CNC(=O)[C@H](Cc1ccccc1)NC(=O)[C@]1(CCCS)CC[C@H](OC)CC1. The molecule has 0 spiro atoms. The second kappa shape index (κ2) is 10.7. The number of ether oxygens (including phenoxy) is 1. The zero-order chi connectivity index (χ0) is 19.7. The van der Waals surface area contributed by atoms with Crippen LogP contribution in [0.5, 0.6) is 0 Å². The molecule has 5 nitrogen and oxygen atoms in total. The van der Waals surface area contributed by atoms with Crippen molar-refractivity contribution in [1.29, 1.82) is 0 Å². The molecule has 1 fully saturated rings. The maximum absolute atomic E-state index is 13.3. The van der Waals surface area contributed by atoms with Gasteiger partial charge in [0.1, 0.15) is 6.04 Å². The number of thiol groups is 1. The Labute approximate surface area is 168 Å². The van der Waals surface area contributed by atoms with Crippen LogP contribution < -0.4 is 10.6 Å². The second-order valence-corrected chi connectivity index (χ2v) is 7.82. The van der Waals surface area contributed by atoms with Crippen molar-refractivity contribution in [3.63, 3.8) is 0 Å².